The van der Waals surface area contributed by atoms with Gasteiger partial charge in [-0.3, -0.25) is 4.79 Å². The first kappa shape index (κ1) is 14.3. The van der Waals surface area contributed by atoms with Crippen molar-refractivity contribution >= 4 is 17.5 Å². The number of halogens is 3. The summed E-state index contributed by atoms with van der Waals surface area (Å²) in [7, 11) is 0. The molecule has 0 unspecified atom stereocenters. The summed E-state index contributed by atoms with van der Waals surface area (Å²) in [6, 6.07) is 2.85. The third-order valence-electron chi connectivity index (χ3n) is 3.74. The molecule has 0 aliphatic heterocycles. The first-order valence-corrected chi connectivity index (χ1v) is 6.89. The minimum Gasteiger partial charge on any atom is -0.351 e. The van der Waals surface area contributed by atoms with Crippen molar-refractivity contribution in [3.63, 3.8) is 0 Å². The molecule has 0 spiro atoms. The molecule has 1 aliphatic carbocycles. The van der Waals surface area contributed by atoms with E-state index in [1.807, 2.05) is 0 Å². The summed E-state index contributed by atoms with van der Waals surface area (Å²) in [5.74, 6) is -1.46. The number of amides is 1. The second kappa shape index (κ2) is 5.87. The third-order valence-corrected chi connectivity index (χ3v) is 4.31. The van der Waals surface area contributed by atoms with Gasteiger partial charge in [-0.05, 0) is 31.0 Å². The quantitative estimate of drug-likeness (QED) is 0.844. The molecule has 1 aromatic rings. The molecule has 0 aromatic heterocycles. The van der Waals surface area contributed by atoms with E-state index in [9.17, 15) is 13.6 Å². The van der Waals surface area contributed by atoms with Crippen LogP contribution in [0.4, 0.5) is 8.78 Å². The minimum absolute atomic E-state index is 0.0962. The molecular weight excluding hydrogens is 272 g/mol. The van der Waals surface area contributed by atoms with Gasteiger partial charge in [-0.1, -0.05) is 12.8 Å². The molecule has 0 bridgehead atoms. The molecular formula is C14H16ClF2NO. The van der Waals surface area contributed by atoms with E-state index >= 15 is 0 Å². The average Bonchev–Trinajstić information content (AvgIpc) is 2.88. The van der Waals surface area contributed by atoms with Crippen molar-refractivity contribution in [3.05, 3.63) is 35.4 Å². The van der Waals surface area contributed by atoms with Crippen LogP contribution < -0.4 is 5.32 Å². The molecule has 2 rings (SSSR count). The summed E-state index contributed by atoms with van der Waals surface area (Å²) in [6.07, 6.45) is 4.11. The number of hydrogen-bond donors (Lipinski definition) is 1. The SMILES string of the molecule is O=C(NCC1(CCl)CCCC1)c1cc(F)ccc1F. The maximum absolute atomic E-state index is 13.4. The number of alkyl halides is 1. The van der Waals surface area contributed by atoms with Crippen LogP contribution in [0.25, 0.3) is 0 Å². The van der Waals surface area contributed by atoms with Crippen LogP contribution in [0.5, 0.6) is 0 Å². The van der Waals surface area contributed by atoms with Crippen LogP contribution in [0.1, 0.15) is 36.0 Å². The lowest BCUT2D eigenvalue weighted by molar-refractivity contribution is 0.0930. The second-order valence-electron chi connectivity index (χ2n) is 5.15. The predicted octanol–water partition coefficient (Wildman–Crippen LogP) is 3.49. The van der Waals surface area contributed by atoms with E-state index in [1.165, 1.54) is 0 Å². The molecule has 5 heteroatoms. The summed E-state index contributed by atoms with van der Waals surface area (Å²) in [5, 5.41) is 2.67. The fourth-order valence-electron chi connectivity index (χ4n) is 2.52. The number of nitrogens with one attached hydrogen (secondary N) is 1. The predicted molar refractivity (Wildman–Crippen MR) is 70.3 cm³/mol. The number of benzene rings is 1. The Morgan fingerprint density at radius 3 is 2.63 bits per heavy atom. The summed E-state index contributed by atoms with van der Waals surface area (Å²) < 4.78 is 26.5. The van der Waals surface area contributed by atoms with E-state index in [2.05, 4.69) is 5.32 Å². The molecule has 0 heterocycles. The lowest BCUT2D eigenvalue weighted by Crippen LogP contribution is -2.37. The highest BCUT2D eigenvalue weighted by Crippen LogP contribution is 2.38. The van der Waals surface area contributed by atoms with Gasteiger partial charge in [0.25, 0.3) is 5.91 Å². The van der Waals surface area contributed by atoms with Gasteiger partial charge >= 0.3 is 0 Å². The average molecular weight is 288 g/mol. The highest BCUT2D eigenvalue weighted by Gasteiger charge is 2.33. The van der Waals surface area contributed by atoms with Crippen LogP contribution in [-0.4, -0.2) is 18.3 Å². The molecule has 1 amide bonds. The molecule has 0 saturated heterocycles. The number of hydrogen-bond acceptors (Lipinski definition) is 1. The Morgan fingerprint density at radius 1 is 1.32 bits per heavy atom. The fourth-order valence-corrected chi connectivity index (χ4v) is 2.88. The van der Waals surface area contributed by atoms with Crippen molar-refractivity contribution in [1.29, 1.82) is 0 Å². The first-order valence-electron chi connectivity index (χ1n) is 6.36. The zero-order valence-electron chi connectivity index (χ0n) is 10.5. The van der Waals surface area contributed by atoms with Crippen molar-refractivity contribution in [2.45, 2.75) is 25.7 Å². The van der Waals surface area contributed by atoms with Gasteiger partial charge < -0.3 is 5.32 Å². The van der Waals surface area contributed by atoms with Crippen LogP contribution in [0.15, 0.2) is 18.2 Å². The topological polar surface area (TPSA) is 29.1 Å². The van der Waals surface area contributed by atoms with Crippen molar-refractivity contribution in [2.24, 2.45) is 5.41 Å². The monoisotopic (exact) mass is 287 g/mol. The van der Waals surface area contributed by atoms with Crippen LogP contribution in [0, 0.1) is 17.0 Å². The van der Waals surface area contributed by atoms with Gasteiger partial charge in [0.1, 0.15) is 11.6 Å². The smallest absolute Gasteiger partial charge is 0.254 e. The maximum Gasteiger partial charge on any atom is 0.254 e. The Kier molecular flexibility index (Phi) is 4.40. The van der Waals surface area contributed by atoms with Gasteiger partial charge in [0, 0.05) is 17.8 Å². The van der Waals surface area contributed by atoms with E-state index < -0.39 is 17.5 Å². The number of carbonyl (C=O) groups excluding carboxylic acids is 1. The highest BCUT2D eigenvalue weighted by atomic mass is 35.5. The van der Waals surface area contributed by atoms with Crippen LogP contribution >= 0.6 is 11.6 Å². The van der Waals surface area contributed by atoms with Crippen LogP contribution in [0.2, 0.25) is 0 Å². The molecule has 1 saturated carbocycles. The van der Waals surface area contributed by atoms with E-state index in [0.717, 1.165) is 43.9 Å². The van der Waals surface area contributed by atoms with E-state index in [0.29, 0.717) is 12.4 Å². The van der Waals surface area contributed by atoms with Gasteiger partial charge in [-0.25, -0.2) is 8.78 Å². The van der Waals surface area contributed by atoms with Gasteiger partial charge in [-0.15, -0.1) is 11.6 Å². The zero-order chi connectivity index (χ0) is 13.9. The standard InChI is InChI=1S/C14H16ClF2NO/c15-8-14(5-1-2-6-14)9-18-13(19)11-7-10(16)3-4-12(11)17/h3-4,7H,1-2,5-6,8-9H2,(H,18,19). The van der Waals surface area contributed by atoms with Gasteiger partial charge in [-0.2, -0.15) is 0 Å². The lowest BCUT2D eigenvalue weighted by atomic mass is 9.88. The Balaban J connectivity index is 2.03. The van der Waals surface area contributed by atoms with Crippen LogP contribution in [-0.2, 0) is 0 Å². The minimum atomic E-state index is -0.717. The van der Waals surface area contributed by atoms with Crippen molar-refractivity contribution in [2.75, 3.05) is 12.4 Å². The molecule has 1 aromatic carbocycles. The summed E-state index contributed by atoms with van der Waals surface area (Å²) in [6.45, 7) is 0.408. The van der Waals surface area contributed by atoms with Crippen molar-refractivity contribution in [1.82, 2.24) is 5.32 Å². The van der Waals surface area contributed by atoms with E-state index in [4.69, 9.17) is 11.6 Å². The summed E-state index contributed by atoms with van der Waals surface area (Å²) in [5.41, 5.74) is -0.358. The molecule has 19 heavy (non-hydrogen) atoms. The maximum atomic E-state index is 13.4. The van der Waals surface area contributed by atoms with Gasteiger partial charge in [0.15, 0.2) is 0 Å². The number of rotatable bonds is 4. The van der Waals surface area contributed by atoms with E-state index in [1.54, 1.807) is 0 Å². The molecule has 0 radical (unpaired) electrons. The first-order chi connectivity index (χ1) is 9.06. The molecule has 1 aliphatic rings. The summed E-state index contributed by atoms with van der Waals surface area (Å²) >= 11 is 5.97. The fraction of sp³-hybridized carbons (Fsp3) is 0.500. The highest BCUT2D eigenvalue weighted by molar-refractivity contribution is 6.18. The van der Waals surface area contributed by atoms with Crippen molar-refractivity contribution in [3.8, 4) is 0 Å². The Morgan fingerprint density at radius 2 is 2.00 bits per heavy atom. The molecule has 1 fully saturated rings. The Bertz CT molecular complexity index is 473. The van der Waals surface area contributed by atoms with Gasteiger partial charge in [0.05, 0.1) is 5.56 Å². The molecule has 1 N–H and O–H groups in total. The molecule has 2 nitrogen and oxygen atoms in total. The molecule has 104 valence electrons. The van der Waals surface area contributed by atoms with E-state index in [-0.39, 0.29) is 11.0 Å². The molecule has 0 atom stereocenters. The largest absolute Gasteiger partial charge is 0.351 e. The third kappa shape index (κ3) is 3.24. The normalized spacial score (nSPS) is 17.4. The Hall–Kier alpha value is -1.16. The zero-order valence-corrected chi connectivity index (χ0v) is 11.3. The summed E-state index contributed by atoms with van der Waals surface area (Å²) in [4.78, 5) is 11.9. The van der Waals surface area contributed by atoms with Crippen molar-refractivity contribution < 1.29 is 13.6 Å². The Labute approximate surface area is 116 Å². The number of carbonyl (C=O) groups is 1. The van der Waals surface area contributed by atoms with Crippen LogP contribution in [0.3, 0.4) is 0 Å². The lowest BCUT2D eigenvalue weighted by Gasteiger charge is -2.26. The van der Waals surface area contributed by atoms with Gasteiger partial charge in [0.2, 0.25) is 0 Å². The second-order valence-corrected chi connectivity index (χ2v) is 5.41.